The Morgan fingerprint density at radius 2 is 1.70 bits per heavy atom. The number of hydrogen-bond acceptors (Lipinski definition) is 4. The molecule has 0 saturated heterocycles. The Labute approximate surface area is 260 Å². The number of halogens is 1. The number of hydrogen-bond donors (Lipinski definition) is 1. The van der Waals surface area contributed by atoms with Gasteiger partial charge in [0.15, 0.2) is 0 Å². The number of aromatic amines is 1. The van der Waals surface area contributed by atoms with E-state index in [0.717, 1.165) is 69.3 Å². The summed E-state index contributed by atoms with van der Waals surface area (Å²) < 4.78 is 16.3. The van der Waals surface area contributed by atoms with Gasteiger partial charge < -0.3 is 24.1 Å². The number of carbonyl (C=O) groups is 1. The van der Waals surface area contributed by atoms with E-state index in [1.54, 1.807) is 38.3 Å². The second-order valence-corrected chi connectivity index (χ2v) is 10.4. The molecule has 0 aliphatic carbocycles. The van der Waals surface area contributed by atoms with E-state index < -0.39 is 0 Å². The lowest BCUT2D eigenvalue weighted by Gasteiger charge is -2.12. The molecule has 6 nitrogen and oxygen atoms in total. The minimum absolute atomic E-state index is 0.520. The second kappa shape index (κ2) is 17.5. The first kappa shape index (κ1) is 33.1. The van der Waals surface area contributed by atoms with Crippen molar-refractivity contribution in [3.05, 3.63) is 130 Å². The zero-order valence-electron chi connectivity index (χ0n) is 25.6. The fourth-order valence-electron chi connectivity index (χ4n) is 4.35. The van der Waals surface area contributed by atoms with Crippen LogP contribution in [0, 0.1) is 0 Å². The number of methoxy groups -OCH3 is 2. The van der Waals surface area contributed by atoms with Gasteiger partial charge in [-0.15, -0.1) is 0 Å². The van der Waals surface area contributed by atoms with Crippen LogP contribution in [0.3, 0.4) is 0 Å². The quantitative estimate of drug-likeness (QED) is 0.0952. The van der Waals surface area contributed by atoms with Gasteiger partial charge in [0.25, 0.3) is 0 Å². The minimum Gasteiger partial charge on any atom is -0.501 e. The summed E-state index contributed by atoms with van der Waals surface area (Å²) in [5.41, 5.74) is 5.70. The Morgan fingerprint density at radius 1 is 0.977 bits per heavy atom. The Hall–Kier alpha value is -4.42. The third kappa shape index (κ3) is 10.7. The number of likely N-dealkylation sites (N-methyl/N-ethyl adjacent to an activating group) is 1. The van der Waals surface area contributed by atoms with Crippen LogP contribution < -0.4 is 9.47 Å². The van der Waals surface area contributed by atoms with Crippen molar-refractivity contribution in [2.45, 2.75) is 33.3 Å². The molecule has 0 aliphatic rings. The predicted octanol–water partition coefficient (Wildman–Crippen LogP) is 8.32. The molecule has 0 radical (unpaired) electrons. The minimum atomic E-state index is 0.520. The maximum absolute atomic E-state index is 11.2. The number of rotatable bonds is 13. The molecule has 0 saturated carbocycles. The van der Waals surface area contributed by atoms with Gasteiger partial charge in [-0.1, -0.05) is 60.2 Å². The summed E-state index contributed by atoms with van der Waals surface area (Å²) >= 11 is 5.61. The zero-order chi connectivity index (χ0) is 31.0. The number of nitrogens with one attached hydrogen (secondary N) is 1. The molecule has 4 aromatic rings. The molecule has 0 fully saturated rings. The molecule has 7 heteroatoms. The highest BCUT2D eigenvalue weighted by molar-refractivity contribution is 6.30. The van der Waals surface area contributed by atoms with E-state index in [9.17, 15) is 4.79 Å². The normalized spacial score (nSPS) is 11.7. The van der Waals surface area contributed by atoms with Gasteiger partial charge in [-0.05, 0) is 85.5 Å². The monoisotopic (exact) mass is 600 g/mol. The fourth-order valence-corrected chi connectivity index (χ4v) is 4.47. The van der Waals surface area contributed by atoms with E-state index >= 15 is 0 Å². The van der Waals surface area contributed by atoms with Gasteiger partial charge in [-0.3, -0.25) is 4.79 Å². The molecule has 43 heavy (non-hydrogen) atoms. The average Bonchev–Trinajstić information content (AvgIpc) is 3.38. The first-order valence-electron chi connectivity index (χ1n) is 14.2. The molecule has 226 valence electrons. The molecule has 3 aromatic carbocycles. The van der Waals surface area contributed by atoms with Crippen LogP contribution in [0.25, 0.3) is 10.9 Å². The standard InChI is InChI=1S/C29H34N2O3.C7H7ClO/c1-5-9-23(13-12-22(2)33-4)18-29-26(16-17-31(3)21-32)27-19-25(14-15-28(27)30-29)34-20-24-10-7-6-8-11-24;1-9-7-4-2-6(8)3-5-7/h5-15,19,21,30H,16-18,20H2,1-4H3;2-5H,1H3/b9-5-,22-12+,23-13+;. The number of H-pyrrole nitrogens is 1. The Morgan fingerprint density at radius 3 is 2.35 bits per heavy atom. The smallest absolute Gasteiger partial charge is 0.209 e. The van der Waals surface area contributed by atoms with Crippen LogP contribution in [0.2, 0.25) is 5.02 Å². The second-order valence-electron chi connectivity index (χ2n) is 9.96. The predicted molar refractivity (Wildman–Crippen MR) is 177 cm³/mol. The van der Waals surface area contributed by atoms with Crippen molar-refractivity contribution < 1.29 is 19.0 Å². The van der Waals surface area contributed by atoms with Crippen molar-refractivity contribution in [1.29, 1.82) is 0 Å². The van der Waals surface area contributed by atoms with Crippen LogP contribution in [0.5, 0.6) is 11.5 Å². The SMILES string of the molecule is COc1ccc(Cl)cc1.C\C=C/C(=C\C=C(/C)OC)Cc1[nH]c2ccc(OCc3ccccc3)cc2c1CCN(C)C=O. The van der Waals surface area contributed by atoms with Gasteiger partial charge in [0, 0.05) is 41.6 Å². The highest BCUT2D eigenvalue weighted by atomic mass is 35.5. The van der Waals surface area contributed by atoms with E-state index in [-0.39, 0.29) is 0 Å². The number of amides is 1. The number of nitrogens with zero attached hydrogens (tertiary/aromatic N) is 1. The van der Waals surface area contributed by atoms with Crippen molar-refractivity contribution >= 4 is 28.9 Å². The van der Waals surface area contributed by atoms with Gasteiger partial charge in [0.1, 0.15) is 18.1 Å². The summed E-state index contributed by atoms with van der Waals surface area (Å²) in [5, 5.41) is 1.86. The fraction of sp³-hybridized carbons (Fsp3) is 0.250. The van der Waals surface area contributed by atoms with Crippen molar-refractivity contribution in [3.63, 3.8) is 0 Å². The van der Waals surface area contributed by atoms with Crippen molar-refractivity contribution in [1.82, 2.24) is 9.88 Å². The third-order valence-corrected chi connectivity index (χ3v) is 7.03. The molecule has 0 atom stereocenters. The molecular weight excluding hydrogens is 560 g/mol. The molecule has 0 bridgehead atoms. The highest BCUT2D eigenvalue weighted by Gasteiger charge is 2.14. The van der Waals surface area contributed by atoms with E-state index in [1.165, 1.54) is 5.56 Å². The first-order valence-corrected chi connectivity index (χ1v) is 14.5. The lowest BCUT2D eigenvalue weighted by Crippen LogP contribution is -2.19. The molecule has 0 spiro atoms. The average molecular weight is 601 g/mol. The van der Waals surface area contributed by atoms with Crippen molar-refractivity contribution in [2.75, 3.05) is 27.8 Å². The number of aromatic nitrogens is 1. The molecule has 0 aliphatic heterocycles. The molecule has 1 aromatic heterocycles. The number of carbonyl (C=O) groups excluding carboxylic acids is 1. The first-order chi connectivity index (χ1) is 20.9. The Bertz CT molecular complexity index is 1520. The maximum atomic E-state index is 11.2. The van der Waals surface area contributed by atoms with Crippen LogP contribution in [0.1, 0.15) is 30.7 Å². The van der Waals surface area contributed by atoms with Crippen LogP contribution in [-0.2, 0) is 29.0 Å². The third-order valence-electron chi connectivity index (χ3n) is 6.77. The summed E-state index contributed by atoms with van der Waals surface area (Å²) in [5.74, 6) is 2.51. The summed E-state index contributed by atoms with van der Waals surface area (Å²) in [6, 6.07) is 23.5. The topological polar surface area (TPSA) is 63.8 Å². The van der Waals surface area contributed by atoms with Crippen molar-refractivity contribution in [2.24, 2.45) is 0 Å². The largest absolute Gasteiger partial charge is 0.501 e. The van der Waals surface area contributed by atoms with Crippen molar-refractivity contribution in [3.8, 4) is 11.5 Å². The lowest BCUT2D eigenvalue weighted by molar-refractivity contribution is -0.116. The molecular formula is C36H41ClN2O4. The summed E-state index contributed by atoms with van der Waals surface area (Å²) in [6.07, 6.45) is 10.6. The Kier molecular flexibility index (Phi) is 13.5. The van der Waals surface area contributed by atoms with E-state index in [4.69, 9.17) is 25.8 Å². The highest BCUT2D eigenvalue weighted by Crippen LogP contribution is 2.29. The van der Waals surface area contributed by atoms with Crippen LogP contribution in [0.4, 0.5) is 0 Å². The molecule has 1 N–H and O–H groups in total. The van der Waals surface area contributed by atoms with Crippen LogP contribution in [0.15, 0.2) is 108 Å². The van der Waals surface area contributed by atoms with Gasteiger partial charge in [-0.25, -0.2) is 0 Å². The summed E-state index contributed by atoms with van der Waals surface area (Å²) in [6.45, 7) is 5.11. The maximum Gasteiger partial charge on any atom is 0.209 e. The molecule has 0 unspecified atom stereocenters. The number of fused-ring (bicyclic) bond motifs is 1. The number of ether oxygens (including phenoxy) is 3. The van der Waals surface area contributed by atoms with E-state index in [1.807, 2.05) is 62.4 Å². The molecule has 1 amide bonds. The van der Waals surface area contributed by atoms with Crippen LogP contribution >= 0.6 is 11.6 Å². The van der Waals surface area contributed by atoms with Gasteiger partial charge >= 0.3 is 0 Å². The van der Waals surface area contributed by atoms with Gasteiger partial charge in [0.05, 0.1) is 20.0 Å². The lowest BCUT2D eigenvalue weighted by atomic mass is 10.0. The summed E-state index contributed by atoms with van der Waals surface area (Å²) in [4.78, 5) is 16.5. The van der Waals surface area contributed by atoms with E-state index in [0.29, 0.717) is 13.2 Å². The molecule has 1 heterocycles. The zero-order valence-corrected chi connectivity index (χ0v) is 26.4. The van der Waals surface area contributed by atoms with Crippen LogP contribution in [-0.4, -0.2) is 44.1 Å². The molecule has 4 rings (SSSR count). The number of allylic oxidation sites excluding steroid dienone is 6. The van der Waals surface area contributed by atoms with E-state index in [2.05, 4.69) is 41.4 Å². The summed E-state index contributed by atoms with van der Waals surface area (Å²) in [7, 11) is 5.11. The van der Waals surface area contributed by atoms with Gasteiger partial charge in [0.2, 0.25) is 6.41 Å². The Balaban J connectivity index is 0.000000480. The van der Waals surface area contributed by atoms with Gasteiger partial charge in [-0.2, -0.15) is 0 Å². The number of benzene rings is 3.